The number of methoxy groups -OCH3 is 1. The molecule has 3 aromatic carbocycles. The molecule has 0 fully saturated rings. The van der Waals surface area contributed by atoms with Crippen LogP contribution >= 0.6 is 11.8 Å². The quantitative estimate of drug-likeness (QED) is 0.465. The minimum atomic E-state index is 0.0760. The van der Waals surface area contributed by atoms with E-state index in [2.05, 4.69) is 71.6 Å². The molecule has 1 atom stereocenters. The lowest BCUT2D eigenvalue weighted by molar-refractivity contribution is 0.340. The third-order valence-corrected chi connectivity index (χ3v) is 7.40. The van der Waals surface area contributed by atoms with Crippen LogP contribution in [0.3, 0.4) is 0 Å². The minimum absolute atomic E-state index is 0.0760. The first-order valence-corrected chi connectivity index (χ1v) is 11.9. The van der Waals surface area contributed by atoms with Gasteiger partial charge in [-0.25, -0.2) is 4.99 Å². The van der Waals surface area contributed by atoms with E-state index in [1.807, 2.05) is 6.92 Å². The third kappa shape index (κ3) is 2.95. The van der Waals surface area contributed by atoms with Crippen LogP contribution < -0.4 is 14.4 Å². The fourth-order valence-electron chi connectivity index (χ4n) is 4.97. The molecule has 5 heteroatoms. The number of amidine groups is 1. The van der Waals surface area contributed by atoms with Crippen molar-refractivity contribution in [1.29, 1.82) is 0 Å². The van der Waals surface area contributed by atoms with E-state index in [9.17, 15) is 0 Å². The van der Waals surface area contributed by atoms with Crippen LogP contribution in [0, 0.1) is 0 Å². The van der Waals surface area contributed by atoms with Crippen LogP contribution in [-0.4, -0.2) is 18.9 Å². The Morgan fingerprint density at radius 2 is 1.84 bits per heavy atom. The molecule has 0 N–H and O–H groups in total. The van der Waals surface area contributed by atoms with Gasteiger partial charge < -0.3 is 14.4 Å². The number of rotatable bonds is 4. The second-order valence-corrected chi connectivity index (χ2v) is 9.12. The zero-order valence-corrected chi connectivity index (χ0v) is 19.0. The van der Waals surface area contributed by atoms with E-state index in [0.29, 0.717) is 6.61 Å². The first kappa shape index (κ1) is 19.5. The summed E-state index contributed by atoms with van der Waals surface area (Å²) in [5.74, 6) is 1.79. The molecule has 0 aromatic heterocycles. The van der Waals surface area contributed by atoms with Crippen LogP contribution in [0.4, 0.5) is 5.69 Å². The molecule has 0 saturated heterocycles. The van der Waals surface area contributed by atoms with Gasteiger partial charge in [0.15, 0.2) is 5.17 Å². The number of hydrogen-bond acceptors (Lipinski definition) is 5. The Bertz CT molecular complexity index is 1260. The van der Waals surface area contributed by atoms with Crippen molar-refractivity contribution in [2.75, 3.05) is 18.6 Å². The number of hydrogen-bond donors (Lipinski definition) is 0. The molecule has 0 spiro atoms. The van der Waals surface area contributed by atoms with Crippen molar-refractivity contribution in [3.05, 3.63) is 89.0 Å². The zero-order chi connectivity index (χ0) is 21.7. The largest absolute Gasteiger partial charge is 0.497 e. The Balaban J connectivity index is 1.57. The second-order valence-electron chi connectivity index (χ2n) is 8.11. The van der Waals surface area contributed by atoms with Crippen molar-refractivity contribution in [1.82, 2.24) is 0 Å². The van der Waals surface area contributed by atoms with Gasteiger partial charge in [0, 0.05) is 10.5 Å². The molecule has 2 heterocycles. The molecule has 2 aliphatic heterocycles. The van der Waals surface area contributed by atoms with Gasteiger partial charge in [0.25, 0.3) is 0 Å². The molecule has 0 bridgehead atoms. The molecule has 0 radical (unpaired) electrons. The average molecular weight is 441 g/mol. The predicted octanol–water partition coefficient (Wildman–Crippen LogP) is 6.47. The summed E-state index contributed by atoms with van der Waals surface area (Å²) in [4.78, 5) is 8.82. The molecule has 1 aliphatic carbocycles. The maximum atomic E-state index is 6.06. The van der Waals surface area contributed by atoms with Crippen LogP contribution in [0.15, 0.2) is 82.2 Å². The Labute approximate surface area is 192 Å². The van der Waals surface area contributed by atoms with Gasteiger partial charge in [-0.1, -0.05) is 42.5 Å². The van der Waals surface area contributed by atoms with Crippen molar-refractivity contribution in [3.63, 3.8) is 0 Å². The summed E-state index contributed by atoms with van der Waals surface area (Å²) in [6.45, 7) is 2.67. The monoisotopic (exact) mass is 440 g/mol. The lowest BCUT2D eigenvalue weighted by atomic mass is 9.82. The van der Waals surface area contributed by atoms with Crippen molar-refractivity contribution in [2.45, 2.75) is 30.7 Å². The fourth-order valence-corrected chi connectivity index (χ4v) is 6.04. The van der Waals surface area contributed by atoms with Gasteiger partial charge in [0.2, 0.25) is 0 Å². The highest BCUT2D eigenvalue weighted by Gasteiger charge is 2.42. The fraction of sp³-hybridized carbons (Fsp3) is 0.222. The molecule has 3 aromatic rings. The van der Waals surface area contributed by atoms with E-state index < -0.39 is 0 Å². The summed E-state index contributed by atoms with van der Waals surface area (Å²) in [5.41, 5.74) is 7.53. The van der Waals surface area contributed by atoms with Crippen molar-refractivity contribution in [3.8, 4) is 11.5 Å². The molecular formula is C27H24N2O2S. The molecule has 1 unspecified atom stereocenters. The van der Waals surface area contributed by atoms with Crippen molar-refractivity contribution < 1.29 is 9.47 Å². The van der Waals surface area contributed by atoms with E-state index in [1.54, 1.807) is 18.9 Å². The van der Waals surface area contributed by atoms with Crippen LogP contribution in [0.1, 0.15) is 36.1 Å². The number of ether oxygens (including phenoxy) is 2. The summed E-state index contributed by atoms with van der Waals surface area (Å²) in [6.07, 6.45) is 2.03. The van der Waals surface area contributed by atoms with Crippen LogP contribution in [0.25, 0.3) is 5.70 Å². The lowest BCUT2D eigenvalue weighted by Crippen LogP contribution is -2.36. The number of para-hydroxylation sites is 1. The molecule has 4 nitrogen and oxygen atoms in total. The molecule has 160 valence electrons. The van der Waals surface area contributed by atoms with Gasteiger partial charge in [-0.15, -0.1) is 0 Å². The maximum Gasteiger partial charge on any atom is 0.174 e. The SMILES string of the molecule is CCOc1cccc2c1N1C(=NC3=C(CCc4ccccc43)C1c1ccc(OC)cc1)S2. The number of fused-ring (bicyclic) bond motifs is 5. The number of thioether (sulfide) groups is 1. The van der Waals surface area contributed by atoms with Gasteiger partial charge in [-0.3, -0.25) is 0 Å². The summed E-state index contributed by atoms with van der Waals surface area (Å²) in [7, 11) is 1.71. The molecule has 3 aliphatic rings. The molecule has 0 amide bonds. The van der Waals surface area contributed by atoms with E-state index in [0.717, 1.165) is 40.9 Å². The maximum absolute atomic E-state index is 6.06. The smallest absolute Gasteiger partial charge is 0.174 e. The highest BCUT2D eigenvalue weighted by Crippen LogP contribution is 2.55. The van der Waals surface area contributed by atoms with Crippen LogP contribution in [0.5, 0.6) is 11.5 Å². The summed E-state index contributed by atoms with van der Waals surface area (Å²) >= 11 is 1.73. The Morgan fingerprint density at radius 3 is 2.66 bits per heavy atom. The van der Waals surface area contributed by atoms with Crippen molar-refractivity contribution >= 4 is 28.3 Å². The van der Waals surface area contributed by atoms with Gasteiger partial charge in [-0.05, 0) is 72.5 Å². The summed E-state index contributed by atoms with van der Waals surface area (Å²) in [5, 5.41) is 1.02. The van der Waals surface area contributed by atoms with Crippen LogP contribution in [-0.2, 0) is 6.42 Å². The van der Waals surface area contributed by atoms with Gasteiger partial charge in [-0.2, -0.15) is 0 Å². The van der Waals surface area contributed by atoms with E-state index in [4.69, 9.17) is 14.5 Å². The first-order valence-electron chi connectivity index (χ1n) is 11.1. The van der Waals surface area contributed by atoms with E-state index in [1.165, 1.54) is 27.2 Å². The normalized spacial score (nSPS) is 18.4. The predicted molar refractivity (Wildman–Crippen MR) is 131 cm³/mol. The van der Waals surface area contributed by atoms with E-state index in [-0.39, 0.29) is 6.04 Å². The van der Waals surface area contributed by atoms with Gasteiger partial charge >= 0.3 is 0 Å². The highest BCUT2D eigenvalue weighted by molar-refractivity contribution is 8.14. The van der Waals surface area contributed by atoms with Gasteiger partial charge in [0.05, 0.1) is 25.5 Å². The Hall–Kier alpha value is -3.18. The lowest BCUT2D eigenvalue weighted by Gasteiger charge is -2.39. The Kier molecular flexibility index (Phi) is 4.72. The standard InChI is InChI=1S/C27H24N2O2S/c1-3-31-22-9-6-10-23-26(22)29-25(18-11-14-19(30-2)15-12-18)21-16-13-17-7-4-5-8-20(17)24(21)28-27(29)32-23/h4-12,14-15,25H,3,13,16H2,1-2H3. The third-order valence-electron chi connectivity index (χ3n) is 6.38. The zero-order valence-electron chi connectivity index (χ0n) is 18.2. The second kappa shape index (κ2) is 7.75. The van der Waals surface area contributed by atoms with Crippen molar-refractivity contribution in [2.24, 2.45) is 4.99 Å². The number of anilines is 1. The van der Waals surface area contributed by atoms with Crippen LogP contribution in [0.2, 0.25) is 0 Å². The van der Waals surface area contributed by atoms with Gasteiger partial charge in [0.1, 0.15) is 17.2 Å². The molecule has 6 rings (SSSR count). The minimum Gasteiger partial charge on any atom is -0.497 e. The Morgan fingerprint density at radius 1 is 1.00 bits per heavy atom. The molecular weight excluding hydrogens is 416 g/mol. The highest BCUT2D eigenvalue weighted by atomic mass is 32.2. The number of aliphatic imine (C=N–C) groups is 1. The number of nitrogens with zero attached hydrogens (tertiary/aromatic N) is 2. The summed E-state index contributed by atoms with van der Waals surface area (Å²) < 4.78 is 11.5. The molecule has 32 heavy (non-hydrogen) atoms. The topological polar surface area (TPSA) is 34.1 Å². The number of benzene rings is 3. The summed E-state index contributed by atoms with van der Waals surface area (Å²) in [6, 6.07) is 23.5. The average Bonchev–Trinajstić information content (AvgIpc) is 3.22. The molecule has 0 saturated carbocycles. The van der Waals surface area contributed by atoms with E-state index >= 15 is 0 Å². The first-order chi connectivity index (χ1) is 15.8. The number of aryl methyl sites for hydroxylation is 1.